The highest BCUT2D eigenvalue weighted by atomic mass is 35.5. The maximum absolute atomic E-state index is 10.4. The zero-order valence-corrected chi connectivity index (χ0v) is 8.43. The van der Waals surface area contributed by atoms with Gasteiger partial charge in [0.25, 0.3) is 4.52 Å². The molecule has 0 saturated carbocycles. The lowest BCUT2D eigenvalue weighted by Gasteiger charge is -2.15. The molecule has 0 saturated heterocycles. The van der Waals surface area contributed by atoms with Crippen molar-refractivity contribution in [3.63, 3.8) is 0 Å². The Kier molecular flexibility index (Phi) is 7.89. The number of halogens is 4. The Morgan fingerprint density at radius 1 is 1.55 bits per heavy atom. The van der Waals surface area contributed by atoms with Crippen molar-refractivity contribution in [1.82, 2.24) is 0 Å². The molecule has 0 aliphatic heterocycles. The first kappa shape index (κ1) is 14.1. The van der Waals surface area contributed by atoms with Crippen LogP contribution in [0.1, 0.15) is 0 Å². The van der Waals surface area contributed by atoms with Gasteiger partial charge in [-0.2, -0.15) is 0 Å². The largest absolute Gasteiger partial charge is 0.426 e. The minimum Gasteiger partial charge on any atom is -0.426 e. The average Bonchev–Trinajstić information content (AvgIpc) is 1.87. The molecule has 11 heavy (non-hydrogen) atoms. The third-order valence-electron chi connectivity index (χ3n) is 0.585. The maximum atomic E-state index is 10.4. The molecule has 0 radical (unpaired) electrons. The normalized spacial score (nSPS) is 10.2. The van der Waals surface area contributed by atoms with E-state index in [-0.39, 0.29) is 24.8 Å². The van der Waals surface area contributed by atoms with Gasteiger partial charge in [-0.3, -0.25) is 4.79 Å². The van der Waals surface area contributed by atoms with E-state index >= 15 is 0 Å². The Balaban J connectivity index is 0. The van der Waals surface area contributed by atoms with E-state index in [4.69, 9.17) is 40.5 Å². The molecule has 0 aromatic heterocycles. The second-order valence-corrected chi connectivity index (χ2v) is 3.13. The fourth-order valence-corrected chi connectivity index (χ4v) is 0.462. The van der Waals surface area contributed by atoms with E-state index in [1.807, 2.05) is 0 Å². The zero-order chi connectivity index (χ0) is 8.20. The van der Waals surface area contributed by atoms with Gasteiger partial charge in [0, 0.05) is 0 Å². The van der Waals surface area contributed by atoms with Gasteiger partial charge in [0.15, 0.2) is 0 Å². The second-order valence-electron chi connectivity index (χ2n) is 1.45. The summed E-state index contributed by atoms with van der Waals surface area (Å²) >= 11 is 15.9. The molecule has 0 bridgehead atoms. The van der Waals surface area contributed by atoms with Crippen LogP contribution in [0.2, 0.25) is 0 Å². The summed E-state index contributed by atoms with van der Waals surface area (Å²) in [5.74, 6) is -0.882. The van der Waals surface area contributed by atoms with Gasteiger partial charge in [-0.25, -0.2) is 0 Å². The lowest BCUT2D eigenvalue weighted by atomic mass is 10.7. The van der Waals surface area contributed by atoms with Gasteiger partial charge in [0.2, 0.25) is 0 Å². The smallest absolute Gasteiger partial charge is 0.322 e. The minimum absolute atomic E-state index is 0. The standard InChI is InChI=1S/C4H6Cl3NO2.ClH/c5-2-4(6,7)10-3(9)1-8;/h1-2,8H2;1H. The van der Waals surface area contributed by atoms with Crippen LogP contribution >= 0.6 is 47.2 Å². The van der Waals surface area contributed by atoms with Crippen molar-refractivity contribution in [1.29, 1.82) is 0 Å². The van der Waals surface area contributed by atoms with Crippen LogP contribution in [0.4, 0.5) is 0 Å². The molecule has 0 spiro atoms. The topological polar surface area (TPSA) is 52.3 Å². The van der Waals surface area contributed by atoms with Gasteiger partial charge < -0.3 is 10.5 Å². The van der Waals surface area contributed by atoms with Crippen molar-refractivity contribution in [3.05, 3.63) is 0 Å². The molecular formula is C4H7Cl4NO2. The predicted molar refractivity (Wildman–Crippen MR) is 47.6 cm³/mol. The molecule has 0 fully saturated rings. The lowest BCUT2D eigenvalue weighted by molar-refractivity contribution is -0.144. The summed E-state index contributed by atoms with van der Waals surface area (Å²) in [5.41, 5.74) is 4.90. The Bertz CT molecular complexity index is 129. The van der Waals surface area contributed by atoms with Gasteiger partial charge in [-0.1, -0.05) is 23.2 Å². The van der Waals surface area contributed by atoms with Crippen LogP contribution in [-0.4, -0.2) is 22.9 Å². The van der Waals surface area contributed by atoms with Gasteiger partial charge >= 0.3 is 5.97 Å². The molecule has 0 aliphatic carbocycles. The van der Waals surface area contributed by atoms with E-state index in [9.17, 15) is 4.79 Å². The fourth-order valence-electron chi connectivity index (χ4n) is 0.235. The zero-order valence-electron chi connectivity index (χ0n) is 5.35. The van der Waals surface area contributed by atoms with Crippen molar-refractivity contribution in [3.8, 4) is 0 Å². The van der Waals surface area contributed by atoms with E-state index in [1.54, 1.807) is 0 Å². The van der Waals surface area contributed by atoms with Crippen LogP contribution in [-0.2, 0) is 9.53 Å². The number of ether oxygens (including phenoxy) is 1. The molecule has 0 rings (SSSR count). The van der Waals surface area contributed by atoms with Crippen LogP contribution in [0.3, 0.4) is 0 Å². The highest BCUT2D eigenvalue weighted by Crippen LogP contribution is 2.23. The van der Waals surface area contributed by atoms with Crippen molar-refractivity contribution in [2.45, 2.75) is 4.52 Å². The van der Waals surface area contributed by atoms with Crippen molar-refractivity contribution in [2.75, 3.05) is 12.4 Å². The van der Waals surface area contributed by atoms with Crippen molar-refractivity contribution >= 4 is 53.2 Å². The summed E-state index contributed by atoms with van der Waals surface area (Å²) in [4.78, 5) is 10.4. The molecule has 0 atom stereocenters. The van der Waals surface area contributed by atoms with Crippen LogP contribution in [0.25, 0.3) is 0 Å². The molecule has 3 nitrogen and oxygen atoms in total. The van der Waals surface area contributed by atoms with E-state index in [0.717, 1.165) is 0 Å². The molecule has 2 N–H and O–H groups in total. The number of nitrogens with two attached hydrogens (primary N) is 1. The Hall–Kier alpha value is 0.590. The Labute approximate surface area is 85.5 Å². The monoisotopic (exact) mass is 241 g/mol. The van der Waals surface area contributed by atoms with E-state index in [2.05, 4.69) is 4.74 Å². The molecule has 0 aliphatic rings. The summed E-state index contributed by atoms with van der Waals surface area (Å²) in [6.07, 6.45) is 0. The molecule has 0 amide bonds. The first-order valence-electron chi connectivity index (χ1n) is 2.37. The third kappa shape index (κ3) is 6.97. The summed E-state index contributed by atoms with van der Waals surface area (Å²) in [6, 6.07) is 0. The summed E-state index contributed by atoms with van der Waals surface area (Å²) in [6.45, 7) is -0.266. The number of hydrogen-bond acceptors (Lipinski definition) is 3. The van der Waals surface area contributed by atoms with Gasteiger partial charge in [0.05, 0.1) is 12.4 Å². The Morgan fingerprint density at radius 3 is 2.27 bits per heavy atom. The maximum Gasteiger partial charge on any atom is 0.322 e. The summed E-state index contributed by atoms with van der Waals surface area (Å²) in [5, 5.41) is 0. The molecule has 0 unspecified atom stereocenters. The third-order valence-corrected chi connectivity index (χ3v) is 1.66. The van der Waals surface area contributed by atoms with Crippen LogP contribution in [0, 0.1) is 0 Å². The molecular weight excluding hydrogens is 236 g/mol. The van der Waals surface area contributed by atoms with Gasteiger partial charge in [0.1, 0.15) is 0 Å². The van der Waals surface area contributed by atoms with Gasteiger partial charge in [-0.15, -0.1) is 24.0 Å². The summed E-state index contributed by atoms with van der Waals surface area (Å²) in [7, 11) is 0. The molecule has 0 aromatic carbocycles. The van der Waals surface area contributed by atoms with Crippen LogP contribution in [0.15, 0.2) is 0 Å². The number of carbonyl (C=O) groups is 1. The first-order chi connectivity index (χ1) is 4.52. The van der Waals surface area contributed by atoms with Crippen LogP contribution in [0.5, 0.6) is 0 Å². The molecule has 0 heterocycles. The SMILES string of the molecule is Cl.NCC(=O)OC(Cl)(Cl)CCl. The molecule has 68 valence electrons. The number of rotatable bonds is 3. The number of alkyl halides is 3. The van der Waals surface area contributed by atoms with Crippen molar-refractivity contribution < 1.29 is 9.53 Å². The lowest BCUT2D eigenvalue weighted by Crippen LogP contribution is -2.28. The van der Waals surface area contributed by atoms with Crippen molar-refractivity contribution in [2.24, 2.45) is 5.73 Å². The highest BCUT2D eigenvalue weighted by Gasteiger charge is 2.26. The second kappa shape index (κ2) is 6.14. The first-order valence-corrected chi connectivity index (χ1v) is 3.66. The number of carbonyl (C=O) groups excluding carboxylic acids is 1. The van der Waals surface area contributed by atoms with E-state index in [1.165, 1.54) is 0 Å². The highest BCUT2D eigenvalue weighted by molar-refractivity contribution is 6.50. The number of hydrogen-bond donors (Lipinski definition) is 1. The predicted octanol–water partition coefficient (Wildman–Crippen LogP) is 1.28. The quantitative estimate of drug-likeness (QED) is 0.599. The fraction of sp³-hybridized carbons (Fsp3) is 0.750. The summed E-state index contributed by atoms with van der Waals surface area (Å²) < 4.78 is 2.72. The number of esters is 1. The minimum atomic E-state index is -1.65. The van der Waals surface area contributed by atoms with Crippen LogP contribution < -0.4 is 5.73 Å². The Morgan fingerprint density at radius 2 is 2.00 bits per heavy atom. The average molecular weight is 243 g/mol. The van der Waals surface area contributed by atoms with Gasteiger partial charge in [-0.05, 0) is 0 Å². The van der Waals surface area contributed by atoms with E-state index in [0.29, 0.717) is 0 Å². The van der Waals surface area contributed by atoms with E-state index < -0.39 is 10.5 Å². The molecule has 0 aromatic rings. The molecule has 7 heteroatoms.